The van der Waals surface area contributed by atoms with Crippen LogP contribution < -0.4 is 0 Å². The predicted molar refractivity (Wildman–Crippen MR) is 105 cm³/mol. The molecule has 2 aromatic rings. The Hall–Kier alpha value is -1.35. The van der Waals surface area contributed by atoms with Gasteiger partial charge in [0.15, 0.2) is 0 Å². The molecule has 25 heavy (non-hydrogen) atoms. The molecule has 0 amide bonds. The SMILES string of the molecule is Cc1ccc(C2(O)CCC(C(c3ccc(Cl)cc3)N(C)C)CC2)cc1. The molecule has 1 fully saturated rings. The number of aryl methyl sites for hydroxylation is 1. The van der Waals surface area contributed by atoms with Crippen molar-refractivity contribution >= 4 is 11.6 Å². The van der Waals surface area contributed by atoms with Crippen LogP contribution >= 0.6 is 11.6 Å². The summed E-state index contributed by atoms with van der Waals surface area (Å²) in [6, 6.07) is 16.9. The molecule has 1 aliphatic carbocycles. The van der Waals surface area contributed by atoms with Crippen LogP contribution in [0.2, 0.25) is 5.02 Å². The highest BCUT2D eigenvalue weighted by Crippen LogP contribution is 2.45. The highest BCUT2D eigenvalue weighted by atomic mass is 35.5. The second-order valence-corrected chi connectivity index (χ2v) is 8.13. The molecule has 0 aliphatic heterocycles. The number of nitrogens with zero attached hydrogens (tertiary/aromatic N) is 1. The molecule has 1 saturated carbocycles. The zero-order valence-electron chi connectivity index (χ0n) is 15.4. The van der Waals surface area contributed by atoms with E-state index in [1.54, 1.807) is 0 Å². The maximum Gasteiger partial charge on any atom is 0.0896 e. The highest BCUT2D eigenvalue weighted by molar-refractivity contribution is 6.30. The van der Waals surface area contributed by atoms with E-state index in [-0.39, 0.29) is 0 Å². The van der Waals surface area contributed by atoms with E-state index in [4.69, 9.17) is 11.6 Å². The van der Waals surface area contributed by atoms with E-state index in [1.165, 1.54) is 11.1 Å². The lowest BCUT2D eigenvalue weighted by atomic mass is 9.71. The fourth-order valence-electron chi connectivity index (χ4n) is 4.24. The van der Waals surface area contributed by atoms with Crippen molar-refractivity contribution in [1.29, 1.82) is 0 Å². The molecule has 0 saturated heterocycles. The average Bonchev–Trinajstić information content (AvgIpc) is 2.59. The van der Waals surface area contributed by atoms with E-state index < -0.39 is 5.60 Å². The van der Waals surface area contributed by atoms with Crippen molar-refractivity contribution in [1.82, 2.24) is 4.90 Å². The second kappa shape index (κ2) is 7.49. The highest BCUT2D eigenvalue weighted by Gasteiger charge is 2.38. The molecule has 0 heterocycles. The summed E-state index contributed by atoms with van der Waals surface area (Å²) in [5, 5.41) is 11.9. The molecule has 1 aliphatic rings. The first kappa shape index (κ1) is 18.4. The second-order valence-electron chi connectivity index (χ2n) is 7.70. The number of hydrogen-bond acceptors (Lipinski definition) is 2. The summed E-state index contributed by atoms with van der Waals surface area (Å²) >= 11 is 6.05. The Labute approximate surface area is 156 Å². The number of hydrogen-bond donors (Lipinski definition) is 1. The first-order valence-corrected chi connectivity index (χ1v) is 9.48. The lowest BCUT2D eigenvalue weighted by Crippen LogP contribution is -2.36. The summed E-state index contributed by atoms with van der Waals surface area (Å²) in [5.41, 5.74) is 2.92. The Balaban J connectivity index is 1.75. The van der Waals surface area contributed by atoms with Crippen LogP contribution in [0.3, 0.4) is 0 Å². The summed E-state index contributed by atoms with van der Waals surface area (Å²) in [4.78, 5) is 2.30. The van der Waals surface area contributed by atoms with Gasteiger partial charge in [0.25, 0.3) is 0 Å². The molecule has 1 N–H and O–H groups in total. The van der Waals surface area contributed by atoms with Gasteiger partial charge in [0.05, 0.1) is 5.60 Å². The molecule has 134 valence electrons. The van der Waals surface area contributed by atoms with Gasteiger partial charge in [-0.05, 0) is 75.9 Å². The van der Waals surface area contributed by atoms with Gasteiger partial charge < -0.3 is 10.0 Å². The van der Waals surface area contributed by atoms with Crippen LogP contribution in [0, 0.1) is 12.8 Å². The van der Waals surface area contributed by atoms with Crippen LogP contribution in [-0.4, -0.2) is 24.1 Å². The minimum atomic E-state index is -0.680. The van der Waals surface area contributed by atoms with E-state index in [2.05, 4.69) is 62.3 Å². The van der Waals surface area contributed by atoms with Gasteiger partial charge in [0.1, 0.15) is 0 Å². The van der Waals surface area contributed by atoms with Crippen molar-refractivity contribution in [3.05, 3.63) is 70.2 Å². The van der Waals surface area contributed by atoms with Gasteiger partial charge in [-0.2, -0.15) is 0 Å². The summed E-state index contributed by atoms with van der Waals surface area (Å²) < 4.78 is 0. The normalized spacial score (nSPS) is 25.1. The van der Waals surface area contributed by atoms with Crippen LogP contribution in [0.4, 0.5) is 0 Å². The summed E-state index contributed by atoms with van der Waals surface area (Å²) in [7, 11) is 4.28. The van der Waals surface area contributed by atoms with E-state index in [1.807, 2.05) is 12.1 Å². The third-order valence-electron chi connectivity index (χ3n) is 5.66. The van der Waals surface area contributed by atoms with Crippen molar-refractivity contribution in [3.8, 4) is 0 Å². The lowest BCUT2D eigenvalue weighted by Gasteiger charge is -2.41. The standard InChI is InChI=1S/C22H28ClNO/c1-16-4-8-19(9-5-16)22(25)14-12-18(13-15-22)21(24(2)3)17-6-10-20(23)11-7-17/h4-11,18,21,25H,12-15H2,1-3H3. The van der Waals surface area contributed by atoms with Crippen LogP contribution in [0.15, 0.2) is 48.5 Å². The van der Waals surface area contributed by atoms with E-state index in [9.17, 15) is 5.11 Å². The van der Waals surface area contributed by atoms with E-state index in [0.29, 0.717) is 12.0 Å². The van der Waals surface area contributed by atoms with Crippen molar-refractivity contribution in [2.75, 3.05) is 14.1 Å². The van der Waals surface area contributed by atoms with Gasteiger partial charge in [0, 0.05) is 11.1 Å². The molecule has 2 aromatic carbocycles. The van der Waals surface area contributed by atoms with Crippen LogP contribution in [-0.2, 0) is 5.60 Å². The molecule has 1 atom stereocenters. The minimum Gasteiger partial charge on any atom is -0.385 e. The Morgan fingerprint density at radius 2 is 1.56 bits per heavy atom. The zero-order valence-corrected chi connectivity index (χ0v) is 16.1. The smallest absolute Gasteiger partial charge is 0.0896 e. The van der Waals surface area contributed by atoms with Gasteiger partial charge in [0.2, 0.25) is 0 Å². The van der Waals surface area contributed by atoms with Gasteiger partial charge in [-0.3, -0.25) is 0 Å². The van der Waals surface area contributed by atoms with Gasteiger partial charge >= 0.3 is 0 Å². The fraction of sp³-hybridized carbons (Fsp3) is 0.455. The number of aliphatic hydroxyl groups is 1. The van der Waals surface area contributed by atoms with Gasteiger partial charge in [-0.15, -0.1) is 0 Å². The minimum absolute atomic E-state index is 0.361. The molecule has 0 spiro atoms. The van der Waals surface area contributed by atoms with Crippen LogP contribution in [0.1, 0.15) is 48.4 Å². The first-order chi connectivity index (χ1) is 11.9. The third-order valence-corrected chi connectivity index (χ3v) is 5.91. The molecule has 1 unspecified atom stereocenters. The third kappa shape index (κ3) is 4.08. The number of rotatable bonds is 4. The largest absolute Gasteiger partial charge is 0.385 e. The van der Waals surface area contributed by atoms with Crippen LogP contribution in [0.25, 0.3) is 0 Å². The molecule has 3 heteroatoms. The van der Waals surface area contributed by atoms with Crippen molar-refractivity contribution < 1.29 is 5.11 Å². The molecular formula is C22H28ClNO. The zero-order chi connectivity index (χ0) is 18.0. The molecule has 0 radical (unpaired) electrons. The van der Waals surface area contributed by atoms with Crippen molar-refractivity contribution in [3.63, 3.8) is 0 Å². The molecular weight excluding hydrogens is 330 g/mol. The maximum absolute atomic E-state index is 11.1. The Morgan fingerprint density at radius 1 is 1.00 bits per heavy atom. The van der Waals surface area contributed by atoms with Crippen molar-refractivity contribution in [2.45, 2.75) is 44.2 Å². The Bertz CT molecular complexity index is 685. The Kier molecular flexibility index (Phi) is 5.52. The quantitative estimate of drug-likeness (QED) is 0.799. The molecule has 2 nitrogen and oxygen atoms in total. The molecule has 3 rings (SSSR count). The van der Waals surface area contributed by atoms with E-state index in [0.717, 1.165) is 36.3 Å². The van der Waals surface area contributed by atoms with E-state index >= 15 is 0 Å². The Morgan fingerprint density at radius 3 is 2.08 bits per heavy atom. The summed E-state index contributed by atoms with van der Waals surface area (Å²) in [5.74, 6) is 0.543. The molecule has 0 aromatic heterocycles. The van der Waals surface area contributed by atoms with Crippen LogP contribution in [0.5, 0.6) is 0 Å². The number of halogens is 1. The molecule has 0 bridgehead atoms. The first-order valence-electron chi connectivity index (χ1n) is 9.10. The van der Waals surface area contributed by atoms with Crippen molar-refractivity contribution in [2.24, 2.45) is 5.92 Å². The summed E-state index contributed by atoms with van der Waals surface area (Å²) in [6.45, 7) is 2.08. The van der Waals surface area contributed by atoms with Gasteiger partial charge in [-0.25, -0.2) is 0 Å². The topological polar surface area (TPSA) is 23.5 Å². The average molecular weight is 358 g/mol. The fourth-order valence-corrected chi connectivity index (χ4v) is 4.36. The number of benzene rings is 2. The lowest BCUT2D eigenvalue weighted by molar-refractivity contribution is -0.0254. The van der Waals surface area contributed by atoms with Gasteiger partial charge in [-0.1, -0.05) is 53.6 Å². The monoisotopic (exact) mass is 357 g/mol. The predicted octanol–water partition coefficient (Wildman–Crippen LogP) is 5.33. The summed E-state index contributed by atoms with van der Waals surface area (Å²) in [6.07, 6.45) is 3.68. The maximum atomic E-state index is 11.1.